The van der Waals surface area contributed by atoms with Gasteiger partial charge in [0, 0.05) is 6.04 Å². The van der Waals surface area contributed by atoms with Gasteiger partial charge in [0.2, 0.25) is 0 Å². The maximum absolute atomic E-state index is 11.5. The van der Waals surface area contributed by atoms with Crippen molar-refractivity contribution in [2.75, 3.05) is 14.2 Å². The van der Waals surface area contributed by atoms with Gasteiger partial charge in [-0.3, -0.25) is 4.79 Å². The van der Waals surface area contributed by atoms with Crippen molar-refractivity contribution in [1.82, 2.24) is 5.32 Å². The van der Waals surface area contributed by atoms with Gasteiger partial charge in [-0.25, -0.2) is 0 Å². The number of aliphatic carboxylic acids is 1. The van der Waals surface area contributed by atoms with Crippen LogP contribution in [-0.2, 0) is 4.79 Å². The Hall–Kier alpha value is -1.55. The molecule has 0 amide bonds. The van der Waals surface area contributed by atoms with E-state index in [0.717, 1.165) is 35.3 Å². The van der Waals surface area contributed by atoms with Crippen LogP contribution < -0.4 is 10.1 Å². The van der Waals surface area contributed by atoms with Gasteiger partial charge in [-0.15, -0.1) is 0 Å². The van der Waals surface area contributed by atoms with Crippen LogP contribution in [0.15, 0.2) is 12.1 Å². The number of aryl methyl sites for hydroxylation is 2. The third kappa shape index (κ3) is 2.21. The van der Waals surface area contributed by atoms with E-state index in [1.807, 2.05) is 33.0 Å². The topological polar surface area (TPSA) is 58.6 Å². The van der Waals surface area contributed by atoms with Crippen molar-refractivity contribution in [1.29, 1.82) is 0 Å². The van der Waals surface area contributed by atoms with Gasteiger partial charge in [0.1, 0.15) is 5.75 Å². The number of carboxylic acids is 1. The Labute approximate surface area is 113 Å². The van der Waals surface area contributed by atoms with Crippen LogP contribution >= 0.6 is 0 Å². The lowest BCUT2D eigenvalue weighted by molar-refractivity contribution is -0.144. The fourth-order valence-corrected chi connectivity index (χ4v) is 2.83. The highest BCUT2D eigenvalue weighted by Crippen LogP contribution is 2.55. The van der Waals surface area contributed by atoms with E-state index in [2.05, 4.69) is 5.32 Å². The molecule has 0 spiro atoms. The highest BCUT2D eigenvalue weighted by Gasteiger charge is 2.56. The molecule has 0 radical (unpaired) electrons. The third-order valence-corrected chi connectivity index (χ3v) is 4.15. The molecule has 0 aromatic heterocycles. The molecule has 0 heterocycles. The van der Waals surface area contributed by atoms with Gasteiger partial charge in [0.25, 0.3) is 0 Å². The number of hydrogen-bond acceptors (Lipinski definition) is 3. The zero-order valence-corrected chi connectivity index (χ0v) is 11.9. The van der Waals surface area contributed by atoms with E-state index >= 15 is 0 Å². The second kappa shape index (κ2) is 4.85. The standard InChI is InChI=1S/C15H21NO3/c1-9-8-12(19-4)10(2)7-11(9)13(16-3)15(5-6-15)14(17)18/h7-8,13,16H,5-6H2,1-4H3,(H,17,18). The lowest BCUT2D eigenvalue weighted by atomic mass is 9.86. The van der Waals surface area contributed by atoms with E-state index in [-0.39, 0.29) is 6.04 Å². The molecule has 1 fully saturated rings. The quantitative estimate of drug-likeness (QED) is 0.856. The van der Waals surface area contributed by atoms with Gasteiger partial charge in [0.05, 0.1) is 12.5 Å². The number of rotatable bonds is 5. The Morgan fingerprint density at radius 3 is 2.42 bits per heavy atom. The Balaban J connectivity index is 2.45. The molecule has 4 heteroatoms. The Kier molecular flexibility index (Phi) is 3.54. The number of carbonyl (C=O) groups is 1. The van der Waals surface area contributed by atoms with Crippen LogP contribution in [0.2, 0.25) is 0 Å². The summed E-state index contributed by atoms with van der Waals surface area (Å²) in [4.78, 5) is 11.5. The largest absolute Gasteiger partial charge is 0.496 e. The number of hydrogen-bond donors (Lipinski definition) is 2. The van der Waals surface area contributed by atoms with Gasteiger partial charge in [-0.05, 0) is 56.5 Å². The number of benzene rings is 1. The molecule has 2 N–H and O–H groups in total. The van der Waals surface area contributed by atoms with Crippen LogP contribution in [0, 0.1) is 19.3 Å². The number of nitrogens with one attached hydrogen (secondary N) is 1. The monoisotopic (exact) mass is 263 g/mol. The maximum atomic E-state index is 11.5. The SMILES string of the molecule is CNC(c1cc(C)c(OC)cc1C)C1(C(=O)O)CC1. The predicted octanol–water partition coefficient (Wildman–Crippen LogP) is 2.44. The van der Waals surface area contributed by atoms with Crippen molar-refractivity contribution in [3.05, 3.63) is 28.8 Å². The molecule has 1 aromatic carbocycles. The number of ether oxygens (including phenoxy) is 1. The number of carboxylic acid groups (broad SMARTS) is 1. The molecular formula is C15H21NO3. The zero-order valence-electron chi connectivity index (χ0n) is 11.9. The summed E-state index contributed by atoms with van der Waals surface area (Å²) in [5, 5.41) is 12.6. The Bertz CT molecular complexity index is 506. The molecule has 0 bridgehead atoms. The molecule has 1 aliphatic carbocycles. The lowest BCUT2D eigenvalue weighted by Crippen LogP contribution is -2.33. The first kappa shape index (κ1) is 13.9. The van der Waals surface area contributed by atoms with Gasteiger partial charge in [-0.2, -0.15) is 0 Å². The van der Waals surface area contributed by atoms with E-state index in [4.69, 9.17) is 4.74 Å². The lowest BCUT2D eigenvalue weighted by Gasteiger charge is -2.26. The van der Waals surface area contributed by atoms with Crippen LogP contribution in [0.4, 0.5) is 0 Å². The van der Waals surface area contributed by atoms with Crippen LogP contribution in [0.1, 0.15) is 35.6 Å². The van der Waals surface area contributed by atoms with Crippen molar-refractivity contribution < 1.29 is 14.6 Å². The molecule has 1 atom stereocenters. The van der Waals surface area contributed by atoms with E-state index in [1.54, 1.807) is 7.11 Å². The minimum Gasteiger partial charge on any atom is -0.496 e. The summed E-state index contributed by atoms with van der Waals surface area (Å²) in [6, 6.07) is 3.88. The first-order valence-electron chi connectivity index (χ1n) is 6.52. The molecule has 104 valence electrons. The first-order chi connectivity index (χ1) is 8.96. The fourth-order valence-electron chi connectivity index (χ4n) is 2.83. The maximum Gasteiger partial charge on any atom is 0.311 e. The summed E-state index contributed by atoms with van der Waals surface area (Å²) in [5.41, 5.74) is 2.51. The van der Waals surface area contributed by atoms with Gasteiger partial charge in [-0.1, -0.05) is 6.07 Å². The average molecular weight is 263 g/mol. The van der Waals surface area contributed by atoms with Crippen molar-refractivity contribution in [3.63, 3.8) is 0 Å². The summed E-state index contributed by atoms with van der Waals surface area (Å²) in [6.45, 7) is 3.98. The van der Waals surface area contributed by atoms with Crippen molar-refractivity contribution in [3.8, 4) is 5.75 Å². The highest BCUT2D eigenvalue weighted by molar-refractivity contribution is 5.79. The molecule has 1 aliphatic rings. The molecule has 2 rings (SSSR count). The fraction of sp³-hybridized carbons (Fsp3) is 0.533. The van der Waals surface area contributed by atoms with Gasteiger partial charge in [0.15, 0.2) is 0 Å². The van der Waals surface area contributed by atoms with Gasteiger partial charge >= 0.3 is 5.97 Å². The van der Waals surface area contributed by atoms with Crippen LogP contribution in [0.5, 0.6) is 5.75 Å². The molecule has 1 unspecified atom stereocenters. The Morgan fingerprint density at radius 2 is 2.00 bits per heavy atom. The normalized spacial score (nSPS) is 17.9. The summed E-state index contributed by atoms with van der Waals surface area (Å²) in [7, 11) is 3.48. The van der Waals surface area contributed by atoms with Crippen molar-refractivity contribution in [2.24, 2.45) is 5.41 Å². The Morgan fingerprint density at radius 1 is 1.37 bits per heavy atom. The minimum absolute atomic E-state index is 0.144. The molecule has 4 nitrogen and oxygen atoms in total. The molecule has 1 saturated carbocycles. The predicted molar refractivity (Wildman–Crippen MR) is 73.6 cm³/mol. The van der Waals surface area contributed by atoms with Crippen LogP contribution in [-0.4, -0.2) is 25.2 Å². The number of methoxy groups -OCH3 is 1. The molecule has 0 aliphatic heterocycles. The third-order valence-electron chi connectivity index (χ3n) is 4.15. The summed E-state index contributed by atoms with van der Waals surface area (Å²) >= 11 is 0. The smallest absolute Gasteiger partial charge is 0.311 e. The first-order valence-corrected chi connectivity index (χ1v) is 6.52. The highest BCUT2D eigenvalue weighted by atomic mass is 16.5. The van der Waals surface area contributed by atoms with E-state index in [1.165, 1.54) is 0 Å². The zero-order chi connectivity index (χ0) is 14.2. The van der Waals surface area contributed by atoms with Crippen LogP contribution in [0.3, 0.4) is 0 Å². The summed E-state index contributed by atoms with van der Waals surface area (Å²) < 4.78 is 5.31. The summed E-state index contributed by atoms with van der Waals surface area (Å²) in [5.74, 6) is 0.135. The van der Waals surface area contributed by atoms with E-state index in [9.17, 15) is 9.90 Å². The van der Waals surface area contributed by atoms with Crippen molar-refractivity contribution >= 4 is 5.97 Å². The average Bonchev–Trinajstić information content (AvgIpc) is 3.15. The molecular weight excluding hydrogens is 242 g/mol. The minimum atomic E-state index is -0.709. The van der Waals surface area contributed by atoms with Crippen molar-refractivity contribution in [2.45, 2.75) is 32.7 Å². The second-order valence-electron chi connectivity index (χ2n) is 5.36. The van der Waals surface area contributed by atoms with E-state index < -0.39 is 11.4 Å². The molecule has 1 aromatic rings. The van der Waals surface area contributed by atoms with E-state index in [0.29, 0.717) is 0 Å². The molecule has 0 saturated heterocycles. The van der Waals surface area contributed by atoms with Gasteiger partial charge < -0.3 is 15.2 Å². The second-order valence-corrected chi connectivity index (χ2v) is 5.36. The molecule has 19 heavy (non-hydrogen) atoms. The van der Waals surface area contributed by atoms with Crippen LogP contribution in [0.25, 0.3) is 0 Å². The summed E-state index contributed by atoms with van der Waals surface area (Å²) in [6.07, 6.45) is 1.47.